The normalized spacial score (nSPS) is 11.1. The zero-order chi connectivity index (χ0) is 11.8. The molecule has 0 spiro atoms. The molecule has 0 saturated carbocycles. The van der Waals surface area contributed by atoms with Crippen molar-refractivity contribution in [3.8, 4) is 0 Å². The maximum absolute atomic E-state index is 9.71. The van der Waals surface area contributed by atoms with Crippen molar-refractivity contribution in [2.75, 3.05) is 46.6 Å². The number of aliphatic hydroxyl groups excluding tert-OH is 1. The van der Waals surface area contributed by atoms with Gasteiger partial charge in [0.05, 0.1) is 33.5 Å². The van der Waals surface area contributed by atoms with Crippen LogP contribution in [0.3, 0.4) is 0 Å². The minimum absolute atomic E-state index is 0. The fraction of sp³-hybridized carbons (Fsp3) is 1.00. The average molecular weight is 265 g/mol. The van der Waals surface area contributed by atoms with E-state index in [1.807, 2.05) is 0 Å². The molecule has 0 aromatic heterocycles. The second-order valence-electron chi connectivity index (χ2n) is 3.81. The molecule has 0 aliphatic rings. The van der Waals surface area contributed by atoms with Gasteiger partial charge in [0.1, 0.15) is 6.54 Å². The maximum Gasteiger partial charge on any atom is 0.266 e. The molecule has 0 aromatic carbocycles. The Bertz CT molecular complexity index is 226. The first-order chi connectivity index (χ1) is 6.12. The Labute approximate surface area is 97.8 Å². The number of aliphatic hydroxyl groups is 1. The van der Waals surface area contributed by atoms with Crippen molar-refractivity contribution in [1.29, 1.82) is 0 Å². The average Bonchev–Trinajstić information content (AvgIpc) is 1.81. The second-order valence-corrected chi connectivity index (χ2v) is 5.38. The number of hydrogen-bond acceptors (Lipinski definition) is 4. The molecule has 0 unspecified atom stereocenters. The van der Waals surface area contributed by atoms with Crippen LogP contribution in [-0.4, -0.2) is 69.2 Å². The molecule has 0 aliphatic heterocycles. The van der Waals surface area contributed by atoms with Crippen molar-refractivity contribution in [3.63, 3.8) is 0 Å². The summed E-state index contributed by atoms with van der Waals surface area (Å²) < 4.78 is 28.2. The summed E-state index contributed by atoms with van der Waals surface area (Å²) in [7, 11) is 2.36. The van der Waals surface area contributed by atoms with E-state index >= 15 is 0 Å². The fourth-order valence-corrected chi connectivity index (χ4v) is 0.747. The first-order valence-corrected chi connectivity index (χ1v) is 5.80. The molecule has 0 aromatic rings. The molecule has 8 heteroatoms. The summed E-state index contributed by atoms with van der Waals surface area (Å²) in [6, 6.07) is 0. The molecule has 0 atom stereocenters. The molecule has 0 saturated heterocycles. The summed E-state index contributed by atoms with van der Waals surface area (Å²) in [5.74, 6) is -0.354. The maximum atomic E-state index is 9.71. The molecule has 0 radical (unpaired) electrons. The monoisotopic (exact) mass is 264 g/mol. The van der Waals surface area contributed by atoms with Gasteiger partial charge in [-0.2, -0.15) is 8.42 Å². The van der Waals surface area contributed by atoms with E-state index in [0.29, 0.717) is 0 Å². The minimum atomic E-state index is -3.80. The molecular weight excluding hydrogens is 244 g/mol. The van der Waals surface area contributed by atoms with E-state index in [4.69, 9.17) is 15.4 Å². The van der Waals surface area contributed by atoms with E-state index in [-0.39, 0.29) is 31.3 Å². The van der Waals surface area contributed by atoms with Crippen LogP contribution in [0.25, 0.3) is 0 Å². The van der Waals surface area contributed by atoms with E-state index < -0.39 is 10.1 Å². The van der Waals surface area contributed by atoms with Gasteiger partial charge in [-0.15, -0.1) is 0 Å². The van der Waals surface area contributed by atoms with E-state index in [2.05, 4.69) is 21.1 Å². The lowest BCUT2D eigenvalue weighted by Crippen LogP contribution is -3.00. The van der Waals surface area contributed by atoms with Gasteiger partial charge in [-0.25, -0.2) is 0 Å². The third-order valence-corrected chi connectivity index (χ3v) is 1.90. The lowest BCUT2D eigenvalue weighted by Gasteiger charge is -2.21. The van der Waals surface area contributed by atoms with Gasteiger partial charge in [-0.05, 0) is 0 Å². The molecular formula is C7H21ClN2O4S. The Morgan fingerprint density at radius 2 is 1.67 bits per heavy atom. The van der Waals surface area contributed by atoms with Gasteiger partial charge < -0.3 is 27.7 Å². The summed E-state index contributed by atoms with van der Waals surface area (Å²) in [4.78, 5) is 0. The quantitative estimate of drug-likeness (QED) is 0.351. The van der Waals surface area contributed by atoms with Gasteiger partial charge in [0.25, 0.3) is 10.1 Å². The highest BCUT2D eigenvalue weighted by molar-refractivity contribution is 7.85. The molecule has 0 bridgehead atoms. The van der Waals surface area contributed by atoms with Crippen molar-refractivity contribution < 1.29 is 35.0 Å². The summed E-state index contributed by atoms with van der Waals surface area (Å²) in [5.41, 5.74) is 4.78. The van der Waals surface area contributed by atoms with Gasteiger partial charge in [0.15, 0.2) is 0 Å². The van der Waals surface area contributed by atoms with E-state index in [9.17, 15) is 8.42 Å². The number of rotatable bonds is 4. The van der Waals surface area contributed by atoms with Crippen LogP contribution < -0.4 is 18.1 Å². The second kappa shape index (κ2) is 9.32. The van der Waals surface area contributed by atoms with Gasteiger partial charge in [-0.3, -0.25) is 4.55 Å². The number of hydrogen-bond donors (Lipinski definition) is 3. The Hall–Kier alpha value is 0.0800. The molecule has 96 valence electrons. The smallest absolute Gasteiger partial charge is 0.266 e. The third-order valence-electron chi connectivity index (χ3n) is 1.15. The lowest BCUT2D eigenvalue weighted by molar-refractivity contribution is -0.870. The minimum Gasteiger partial charge on any atom is -1.00 e. The highest BCUT2D eigenvalue weighted by Gasteiger charge is 2.02. The summed E-state index contributed by atoms with van der Waals surface area (Å²) in [5, 5.41) is 8.39. The van der Waals surface area contributed by atoms with Crippen LogP contribution in [0.4, 0.5) is 0 Å². The molecule has 0 heterocycles. The van der Waals surface area contributed by atoms with Crippen molar-refractivity contribution >= 4 is 10.1 Å². The van der Waals surface area contributed by atoms with Crippen LogP contribution in [0, 0.1) is 0 Å². The summed E-state index contributed by atoms with van der Waals surface area (Å²) in [6.07, 6.45) is 0. The van der Waals surface area contributed by atoms with Crippen LogP contribution in [0.15, 0.2) is 0 Å². The first kappa shape index (κ1) is 20.5. The number of halogens is 1. The third kappa shape index (κ3) is 31.5. The standard InChI is InChI=1S/C5H14NO.C2H7NO3S.ClH/c1-6(2,3)4-5-7;3-1-2-7(4,5)6;/h7H,4-5H2,1-3H3;1-3H2,(H,4,5,6);1H/q+1;;/p-1. The molecule has 6 nitrogen and oxygen atoms in total. The molecule has 15 heavy (non-hydrogen) atoms. The van der Waals surface area contributed by atoms with E-state index in [1.165, 1.54) is 0 Å². The van der Waals surface area contributed by atoms with Crippen molar-refractivity contribution in [2.24, 2.45) is 5.73 Å². The predicted molar refractivity (Wildman–Crippen MR) is 55.5 cm³/mol. The molecule has 0 aliphatic carbocycles. The van der Waals surface area contributed by atoms with Crippen molar-refractivity contribution in [1.82, 2.24) is 0 Å². The van der Waals surface area contributed by atoms with Crippen LogP contribution in [0.1, 0.15) is 0 Å². The van der Waals surface area contributed by atoms with Crippen LogP contribution in [0.2, 0.25) is 0 Å². The Balaban J connectivity index is -0.000000180. The molecule has 0 amide bonds. The summed E-state index contributed by atoms with van der Waals surface area (Å²) in [6.45, 7) is 1.09. The Morgan fingerprint density at radius 3 is 1.67 bits per heavy atom. The Kier molecular flexibility index (Phi) is 12.7. The van der Waals surface area contributed by atoms with Crippen LogP contribution in [0.5, 0.6) is 0 Å². The zero-order valence-electron chi connectivity index (χ0n) is 9.35. The lowest BCUT2D eigenvalue weighted by atomic mass is 10.5. The SMILES string of the molecule is C[N+](C)(C)CCO.NCCS(=O)(=O)O.[Cl-]. The van der Waals surface area contributed by atoms with Crippen LogP contribution in [-0.2, 0) is 10.1 Å². The largest absolute Gasteiger partial charge is 1.00 e. The van der Waals surface area contributed by atoms with Gasteiger partial charge in [0.2, 0.25) is 0 Å². The highest BCUT2D eigenvalue weighted by atomic mass is 35.5. The number of nitrogens with two attached hydrogens (primary N) is 1. The van der Waals surface area contributed by atoms with Crippen molar-refractivity contribution in [3.05, 3.63) is 0 Å². The van der Waals surface area contributed by atoms with Gasteiger partial charge >= 0.3 is 0 Å². The summed E-state index contributed by atoms with van der Waals surface area (Å²) >= 11 is 0. The zero-order valence-corrected chi connectivity index (χ0v) is 10.9. The predicted octanol–water partition coefficient (Wildman–Crippen LogP) is -4.48. The van der Waals surface area contributed by atoms with Crippen molar-refractivity contribution in [2.45, 2.75) is 0 Å². The van der Waals surface area contributed by atoms with Gasteiger partial charge in [0, 0.05) is 6.54 Å². The number of quaternary nitrogens is 1. The molecule has 0 rings (SSSR count). The number of nitrogens with zero attached hydrogens (tertiary/aromatic N) is 1. The number of likely N-dealkylation sites (N-methyl/N-ethyl adjacent to an activating group) is 1. The molecule has 4 N–H and O–H groups in total. The van der Waals surface area contributed by atoms with E-state index in [0.717, 1.165) is 11.0 Å². The van der Waals surface area contributed by atoms with E-state index in [1.54, 1.807) is 0 Å². The van der Waals surface area contributed by atoms with Gasteiger partial charge in [-0.1, -0.05) is 0 Å². The van der Waals surface area contributed by atoms with Crippen LogP contribution >= 0.6 is 0 Å². The molecule has 0 fully saturated rings. The Morgan fingerprint density at radius 1 is 1.27 bits per heavy atom. The highest BCUT2D eigenvalue weighted by Crippen LogP contribution is 1.84. The fourth-order valence-electron chi connectivity index (χ4n) is 0.449. The topological polar surface area (TPSA) is 101 Å². The first-order valence-electron chi connectivity index (χ1n) is 4.19.